The smallest absolute Gasteiger partial charge is 0.0232 e. The summed E-state index contributed by atoms with van der Waals surface area (Å²) in [6.45, 7) is 10.0. The van der Waals surface area contributed by atoms with Gasteiger partial charge >= 0.3 is 0 Å². The van der Waals surface area contributed by atoms with E-state index in [4.69, 9.17) is 0 Å². The molecule has 2 heteroatoms. The lowest BCUT2D eigenvalue weighted by atomic mass is 9.60. The SMILES string of the molecule is CCCC1(CCC)CCC2(CCN(C3CCNC3)C2)CC1. The average molecular weight is 293 g/mol. The van der Waals surface area contributed by atoms with E-state index < -0.39 is 0 Å². The van der Waals surface area contributed by atoms with Gasteiger partial charge in [-0.2, -0.15) is 0 Å². The Morgan fingerprint density at radius 3 is 2.29 bits per heavy atom. The molecule has 2 nitrogen and oxygen atoms in total. The summed E-state index contributed by atoms with van der Waals surface area (Å²) in [5.74, 6) is 0. The lowest BCUT2D eigenvalue weighted by Crippen LogP contribution is -2.40. The molecule has 3 aliphatic rings. The molecule has 1 aliphatic carbocycles. The molecule has 3 rings (SSSR count). The van der Waals surface area contributed by atoms with Gasteiger partial charge in [0.25, 0.3) is 0 Å². The van der Waals surface area contributed by atoms with Crippen LogP contribution in [-0.4, -0.2) is 37.1 Å². The molecule has 2 saturated heterocycles. The lowest BCUT2D eigenvalue weighted by Gasteiger charge is -2.45. The van der Waals surface area contributed by atoms with Crippen LogP contribution in [0.25, 0.3) is 0 Å². The Bertz CT molecular complexity index is 316. The van der Waals surface area contributed by atoms with Crippen molar-refractivity contribution in [3.8, 4) is 0 Å². The largest absolute Gasteiger partial charge is 0.315 e. The number of rotatable bonds is 5. The lowest BCUT2D eigenvalue weighted by molar-refractivity contribution is 0.0616. The van der Waals surface area contributed by atoms with E-state index in [0.29, 0.717) is 5.41 Å². The van der Waals surface area contributed by atoms with E-state index in [-0.39, 0.29) is 0 Å². The summed E-state index contributed by atoms with van der Waals surface area (Å²) in [5.41, 5.74) is 1.42. The summed E-state index contributed by atoms with van der Waals surface area (Å²) in [5, 5.41) is 3.55. The maximum atomic E-state index is 3.55. The van der Waals surface area contributed by atoms with Crippen molar-refractivity contribution in [2.24, 2.45) is 10.8 Å². The summed E-state index contributed by atoms with van der Waals surface area (Å²) >= 11 is 0. The van der Waals surface area contributed by atoms with Gasteiger partial charge in [-0.3, -0.25) is 4.90 Å². The van der Waals surface area contributed by atoms with E-state index in [9.17, 15) is 0 Å². The highest BCUT2D eigenvalue weighted by Crippen LogP contribution is 2.53. The standard InChI is InChI=1S/C19H36N2/c1-3-6-18(7-4-2)8-10-19(11-9-18)12-14-21(16-19)17-5-13-20-15-17/h17,20H,3-16H2,1-2H3. The zero-order chi connectivity index (χ0) is 14.8. The highest BCUT2D eigenvalue weighted by Gasteiger charge is 2.46. The van der Waals surface area contributed by atoms with Crippen molar-refractivity contribution >= 4 is 0 Å². The molecule has 0 radical (unpaired) electrons. The zero-order valence-electron chi connectivity index (χ0n) is 14.4. The Hall–Kier alpha value is -0.0800. The molecular formula is C19H36N2. The van der Waals surface area contributed by atoms with Crippen molar-refractivity contribution in [2.45, 2.75) is 84.1 Å². The second-order valence-electron chi connectivity index (χ2n) is 8.37. The van der Waals surface area contributed by atoms with Crippen LogP contribution >= 0.6 is 0 Å². The normalized spacial score (nSPS) is 32.0. The molecule has 1 unspecified atom stereocenters. The van der Waals surface area contributed by atoms with E-state index in [1.54, 1.807) is 0 Å². The van der Waals surface area contributed by atoms with Crippen LogP contribution in [-0.2, 0) is 0 Å². The molecule has 2 heterocycles. The molecule has 21 heavy (non-hydrogen) atoms. The minimum atomic E-state index is 0.702. The van der Waals surface area contributed by atoms with E-state index in [1.807, 2.05) is 0 Å². The molecule has 1 saturated carbocycles. The minimum absolute atomic E-state index is 0.702. The highest BCUT2D eigenvalue weighted by atomic mass is 15.2. The van der Waals surface area contributed by atoms with Gasteiger partial charge in [0.05, 0.1) is 0 Å². The maximum absolute atomic E-state index is 3.55. The summed E-state index contributed by atoms with van der Waals surface area (Å²) in [4.78, 5) is 2.83. The monoisotopic (exact) mass is 292 g/mol. The summed E-state index contributed by atoms with van der Waals surface area (Å²) in [6.07, 6.45) is 14.7. The van der Waals surface area contributed by atoms with Crippen LogP contribution in [0.15, 0.2) is 0 Å². The van der Waals surface area contributed by atoms with Gasteiger partial charge < -0.3 is 5.32 Å². The van der Waals surface area contributed by atoms with Gasteiger partial charge in [-0.05, 0) is 75.3 Å². The fraction of sp³-hybridized carbons (Fsp3) is 1.00. The van der Waals surface area contributed by atoms with Crippen LogP contribution in [0, 0.1) is 10.8 Å². The van der Waals surface area contributed by atoms with Crippen molar-refractivity contribution in [1.29, 1.82) is 0 Å². The quantitative estimate of drug-likeness (QED) is 0.817. The average Bonchev–Trinajstić information content (AvgIpc) is 3.13. The van der Waals surface area contributed by atoms with Crippen LogP contribution in [0.2, 0.25) is 0 Å². The van der Waals surface area contributed by atoms with Crippen molar-refractivity contribution in [1.82, 2.24) is 10.2 Å². The van der Waals surface area contributed by atoms with Crippen LogP contribution in [0.1, 0.15) is 78.1 Å². The van der Waals surface area contributed by atoms with Crippen molar-refractivity contribution in [3.63, 3.8) is 0 Å². The predicted molar refractivity (Wildman–Crippen MR) is 90.6 cm³/mol. The molecule has 1 N–H and O–H groups in total. The zero-order valence-corrected chi connectivity index (χ0v) is 14.4. The number of hydrogen-bond acceptors (Lipinski definition) is 2. The summed E-state index contributed by atoms with van der Waals surface area (Å²) in [7, 11) is 0. The van der Waals surface area contributed by atoms with Crippen molar-refractivity contribution in [3.05, 3.63) is 0 Å². The molecule has 122 valence electrons. The molecule has 0 bridgehead atoms. The molecule has 2 aliphatic heterocycles. The fourth-order valence-electron chi connectivity index (χ4n) is 5.64. The molecular weight excluding hydrogens is 256 g/mol. The fourth-order valence-corrected chi connectivity index (χ4v) is 5.64. The number of nitrogens with one attached hydrogen (secondary N) is 1. The van der Waals surface area contributed by atoms with Gasteiger partial charge in [0.1, 0.15) is 0 Å². The number of nitrogens with zero attached hydrogens (tertiary/aromatic N) is 1. The molecule has 0 aromatic carbocycles. The summed E-state index contributed by atoms with van der Waals surface area (Å²) < 4.78 is 0. The predicted octanol–water partition coefficient (Wildman–Crippen LogP) is 4.20. The molecule has 0 aromatic heterocycles. The Morgan fingerprint density at radius 2 is 1.71 bits per heavy atom. The van der Waals surface area contributed by atoms with Gasteiger partial charge in [-0.15, -0.1) is 0 Å². The third kappa shape index (κ3) is 3.32. The first-order chi connectivity index (χ1) is 10.2. The minimum Gasteiger partial charge on any atom is -0.315 e. The first-order valence-corrected chi connectivity index (χ1v) is 9.66. The molecule has 3 fully saturated rings. The number of hydrogen-bond donors (Lipinski definition) is 1. The van der Waals surface area contributed by atoms with Gasteiger partial charge in [-0.25, -0.2) is 0 Å². The van der Waals surface area contributed by atoms with Gasteiger partial charge in [0.2, 0.25) is 0 Å². The summed E-state index contributed by atoms with van der Waals surface area (Å²) in [6, 6.07) is 0.849. The van der Waals surface area contributed by atoms with Gasteiger partial charge in [0.15, 0.2) is 0 Å². The van der Waals surface area contributed by atoms with Crippen LogP contribution in [0.4, 0.5) is 0 Å². The van der Waals surface area contributed by atoms with E-state index >= 15 is 0 Å². The first-order valence-electron chi connectivity index (χ1n) is 9.66. The molecule has 1 spiro atoms. The van der Waals surface area contributed by atoms with Gasteiger partial charge in [0, 0.05) is 19.1 Å². The Morgan fingerprint density at radius 1 is 1.00 bits per heavy atom. The molecule has 0 aromatic rings. The van der Waals surface area contributed by atoms with Crippen LogP contribution < -0.4 is 5.32 Å². The van der Waals surface area contributed by atoms with Crippen molar-refractivity contribution < 1.29 is 0 Å². The maximum Gasteiger partial charge on any atom is 0.0232 e. The molecule has 1 atom stereocenters. The Balaban J connectivity index is 1.57. The van der Waals surface area contributed by atoms with E-state index in [2.05, 4.69) is 24.1 Å². The third-order valence-electron chi connectivity index (χ3n) is 6.95. The first kappa shape index (κ1) is 15.8. The van der Waals surface area contributed by atoms with Crippen molar-refractivity contribution in [2.75, 3.05) is 26.2 Å². The van der Waals surface area contributed by atoms with Gasteiger partial charge in [-0.1, -0.05) is 26.7 Å². The Kier molecular flexibility index (Phi) is 4.95. The van der Waals surface area contributed by atoms with E-state index in [1.165, 1.54) is 90.4 Å². The van der Waals surface area contributed by atoms with Crippen LogP contribution in [0.3, 0.4) is 0 Å². The molecule has 0 amide bonds. The third-order valence-corrected chi connectivity index (χ3v) is 6.95. The second kappa shape index (κ2) is 6.58. The second-order valence-corrected chi connectivity index (χ2v) is 8.37. The highest BCUT2D eigenvalue weighted by molar-refractivity contribution is 4.99. The topological polar surface area (TPSA) is 15.3 Å². The number of likely N-dealkylation sites (tertiary alicyclic amines) is 1. The Labute approximate surface area is 132 Å². The van der Waals surface area contributed by atoms with E-state index in [0.717, 1.165) is 11.5 Å². The van der Waals surface area contributed by atoms with Crippen LogP contribution in [0.5, 0.6) is 0 Å².